The fourth-order valence-corrected chi connectivity index (χ4v) is 2.52. The maximum atomic E-state index is 9.70. The summed E-state index contributed by atoms with van der Waals surface area (Å²) in [5, 5.41) is 9.70. The van der Waals surface area contributed by atoms with Crippen LogP contribution in [0.4, 0.5) is 0 Å². The van der Waals surface area contributed by atoms with Gasteiger partial charge in [0.2, 0.25) is 0 Å². The van der Waals surface area contributed by atoms with Crippen molar-refractivity contribution in [2.24, 2.45) is 5.92 Å². The fourth-order valence-electron chi connectivity index (χ4n) is 1.90. The number of alkyl halides is 1. The normalized spacial score (nSPS) is 36.8. The van der Waals surface area contributed by atoms with Crippen molar-refractivity contribution in [3.63, 3.8) is 0 Å². The van der Waals surface area contributed by atoms with Crippen molar-refractivity contribution >= 4 is 22.6 Å². The maximum absolute atomic E-state index is 9.70. The van der Waals surface area contributed by atoms with E-state index in [-0.39, 0.29) is 3.61 Å². The number of hydrogen-bond acceptors (Lipinski definition) is 1. The van der Waals surface area contributed by atoms with E-state index in [0.29, 0.717) is 0 Å². The fraction of sp³-hybridized carbons (Fsp3) is 1.00. The summed E-state index contributed by atoms with van der Waals surface area (Å²) in [6, 6.07) is 0. The van der Waals surface area contributed by atoms with Gasteiger partial charge >= 0.3 is 0 Å². The van der Waals surface area contributed by atoms with Crippen molar-refractivity contribution in [1.29, 1.82) is 0 Å². The Morgan fingerprint density at radius 3 is 2.50 bits per heavy atom. The van der Waals surface area contributed by atoms with Gasteiger partial charge in [-0.15, -0.1) is 0 Å². The van der Waals surface area contributed by atoms with E-state index in [9.17, 15) is 5.11 Å². The molecular weight excluding hydrogens is 263 g/mol. The molecule has 72 valence electrons. The summed E-state index contributed by atoms with van der Waals surface area (Å²) in [5.74, 6) is 0.903. The number of unbranched alkanes of at least 4 members (excludes halogenated alkanes) is 1. The lowest BCUT2D eigenvalue weighted by Gasteiger charge is -2.31. The van der Waals surface area contributed by atoms with Crippen LogP contribution in [0.15, 0.2) is 0 Å². The van der Waals surface area contributed by atoms with Crippen LogP contribution >= 0.6 is 22.6 Å². The molecular formula is C10H19IO. The van der Waals surface area contributed by atoms with Crippen molar-refractivity contribution < 1.29 is 5.11 Å². The second-order valence-corrected chi connectivity index (χ2v) is 6.01. The lowest BCUT2D eigenvalue weighted by atomic mass is 9.84. The van der Waals surface area contributed by atoms with Crippen molar-refractivity contribution in [2.45, 2.75) is 55.5 Å². The summed E-state index contributed by atoms with van der Waals surface area (Å²) >= 11 is 2.19. The molecule has 0 amide bonds. The van der Waals surface area contributed by atoms with Crippen molar-refractivity contribution in [1.82, 2.24) is 0 Å². The molecule has 0 atom stereocenters. The van der Waals surface area contributed by atoms with Crippen molar-refractivity contribution in [3.8, 4) is 0 Å². The van der Waals surface area contributed by atoms with Crippen LogP contribution in [-0.2, 0) is 0 Å². The maximum Gasteiger partial charge on any atom is 0.115 e. The molecule has 0 saturated heterocycles. The summed E-state index contributed by atoms with van der Waals surface area (Å²) in [6.45, 7) is 2.25. The third-order valence-electron chi connectivity index (χ3n) is 2.84. The zero-order chi connectivity index (χ0) is 9.03. The summed E-state index contributed by atoms with van der Waals surface area (Å²) in [4.78, 5) is 0. The van der Waals surface area contributed by atoms with E-state index in [1.165, 1.54) is 32.1 Å². The van der Waals surface area contributed by atoms with Gasteiger partial charge in [-0.3, -0.25) is 0 Å². The van der Waals surface area contributed by atoms with Gasteiger partial charge in [-0.1, -0.05) is 26.2 Å². The molecule has 0 spiro atoms. The van der Waals surface area contributed by atoms with E-state index in [1.807, 2.05) is 0 Å². The predicted molar refractivity (Wildman–Crippen MR) is 60.5 cm³/mol. The van der Waals surface area contributed by atoms with Crippen LogP contribution in [0.5, 0.6) is 0 Å². The summed E-state index contributed by atoms with van der Waals surface area (Å²) in [6.07, 6.45) is 8.53. The summed E-state index contributed by atoms with van der Waals surface area (Å²) < 4.78 is -0.375. The Morgan fingerprint density at radius 2 is 2.00 bits per heavy atom. The Bertz CT molecular complexity index is 124. The first kappa shape index (κ1) is 10.8. The summed E-state index contributed by atoms with van der Waals surface area (Å²) in [5.41, 5.74) is 0. The molecule has 1 aliphatic carbocycles. The molecule has 0 aromatic heterocycles. The van der Waals surface area contributed by atoms with Crippen LogP contribution < -0.4 is 0 Å². The number of halogens is 1. The minimum Gasteiger partial charge on any atom is -0.380 e. The van der Waals surface area contributed by atoms with Crippen molar-refractivity contribution in [3.05, 3.63) is 0 Å². The quantitative estimate of drug-likeness (QED) is 0.620. The third-order valence-corrected chi connectivity index (χ3v) is 3.92. The second-order valence-electron chi connectivity index (χ2n) is 4.00. The van der Waals surface area contributed by atoms with Crippen LogP contribution in [-0.4, -0.2) is 8.71 Å². The highest BCUT2D eigenvalue weighted by Crippen LogP contribution is 2.38. The summed E-state index contributed by atoms with van der Waals surface area (Å²) in [7, 11) is 0. The van der Waals surface area contributed by atoms with Gasteiger partial charge in [-0.05, 0) is 54.2 Å². The standard InChI is InChI=1S/C10H19IO/c1-2-3-4-9-5-7-10(11,12)8-6-9/h9,12H,2-8H2,1H3. The van der Waals surface area contributed by atoms with E-state index in [2.05, 4.69) is 29.5 Å². The first-order valence-electron chi connectivity index (χ1n) is 5.05. The van der Waals surface area contributed by atoms with E-state index >= 15 is 0 Å². The van der Waals surface area contributed by atoms with Gasteiger partial charge < -0.3 is 5.11 Å². The number of aliphatic hydroxyl groups is 1. The minimum atomic E-state index is -0.375. The number of rotatable bonds is 3. The molecule has 0 bridgehead atoms. The Balaban J connectivity index is 2.18. The SMILES string of the molecule is CCCCC1CCC(O)(I)CC1. The Hall–Kier alpha value is 0.690. The van der Waals surface area contributed by atoms with Crippen LogP contribution in [0.2, 0.25) is 0 Å². The van der Waals surface area contributed by atoms with Gasteiger partial charge in [0.1, 0.15) is 3.61 Å². The zero-order valence-corrected chi connectivity index (χ0v) is 10.0. The Kier molecular flexibility index (Phi) is 4.30. The lowest BCUT2D eigenvalue weighted by Crippen LogP contribution is -2.26. The molecule has 1 rings (SSSR count). The van der Waals surface area contributed by atoms with Crippen molar-refractivity contribution in [2.75, 3.05) is 0 Å². The third kappa shape index (κ3) is 3.60. The topological polar surface area (TPSA) is 20.2 Å². The molecule has 0 heterocycles. The largest absolute Gasteiger partial charge is 0.380 e. The molecule has 0 radical (unpaired) electrons. The predicted octanol–water partition coefficient (Wildman–Crippen LogP) is 3.49. The highest BCUT2D eigenvalue weighted by molar-refractivity contribution is 14.1. The smallest absolute Gasteiger partial charge is 0.115 e. The van der Waals surface area contributed by atoms with Gasteiger partial charge in [-0.25, -0.2) is 0 Å². The number of hydrogen-bond donors (Lipinski definition) is 1. The van der Waals surface area contributed by atoms with Gasteiger partial charge in [0.25, 0.3) is 0 Å². The van der Waals surface area contributed by atoms with Gasteiger partial charge in [0.05, 0.1) is 0 Å². The highest BCUT2D eigenvalue weighted by atomic mass is 127. The first-order valence-corrected chi connectivity index (χ1v) is 6.13. The van der Waals surface area contributed by atoms with Gasteiger partial charge in [-0.2, -0.15) is 0 Å². The van der Waals surface area contributed by atoms with E-state index in [4.69, 9.17) is 0 Å². The van der Waals surface area contributed by atoms with E-state index in [0.717, 1.165) is 18.8 Å². The molecule has 12 heavy (non-hydrogen) atoms. The van der Waals surface area contributed by atoms with Crippen LogP contribution in [0.3, 0.4) is 0 Å². The second kappa shape index (κ2) is 4.80. The average molecular weight is 282 g/mol. The van der Waals surface area contributed by atoms with Gasteiger partial charge in [0, 0.05) is 0 Å². The van der Waals surface area contributed by atoms with E-state index < -0.39 is 0 Å². The molecule has 1 nitrogen and oxygen atoms in total. The molecule has 0 aliphatic heterocycles. The first-order chi connectivity index (χ1) is 5.64. The molecule has 2 heteroatoms. The molecule has 1 aliphatic rings. The highest BCUT2D eigenvalue weighted by Gasteiger charge is 2.29. The lowest BCUT2D eigenvalue weighted by molar-refractivity contribution is 0.0897. The van der Waals surface area contributed by atoms with E-state index in [1.54, 1.807) is 0 Å². The zero-order valence-electron chi connectivity index (χ0n) is 7.85. The minimum absolute atomic E-state index is 0.375. The van der Waals surface area contributed by atoms with Crippen LogP contribution in [0.25, 0.3) is 0 Å². The molecule has 0 unspecified atom stereocenters. The molecule has 1 saturated carbocycles. The van der Waals surface area contributed by atoms with Gasteiger partial charge in [0.15, 0.2) is 0 Å². The molecule has 0 aromatic carbocycles. The molecule has 1 fully saturated rings. The Morgan fingerprint density at radius 1 is 1.42 bits per heavy atom. The molecule has 1 N–H and O–H groups in total. The molecule has 0 aromatic rings. The monoisotopic (exact) mass is 282 g/mol. The average Bonchev–Trinajstić information content (AvgIpc) is 2.03. The van der Waals surface area contributed by atoms with Crippen LogP contribution in [0.1, 0.15) is 51.9 Å². The Labute approximate surface area is 89.1 Å². The van der Waals surface area contributed by atoms with Crippen LogP contribution in [0, 0.1) is 5.92 Å².